The van der Waals surface area contributed by atoms with Crippen LogP contribution in [0.2, 0.25) is 0 Å². The number of fused-ring (bicyclic) bond motifs is 1. The standard InChI is InChI=1S/C21H16N4O5/c1-13-10-16(30-23-13)12-24-19-5-3-2-4-17(19)18(21(24)27)11-20(26)22-14-6-8-15(9-7-14)25(28)29/h2-11H,12H2,1H3,(H,22,26)/b18-11+. The Morgan fingerprint density at radius 3 is 2.63 bits per heavy atom. The number of carbonyl (C=O) groups excluding carboxylic acids is 2. The summed E-state index contributed by atoms with van der Waals surface area (Å²) in [4.78, 5) is 37.3. The van der Waals surface area contributed by atoms with E-state index in [1.807, 2.05) is 6.07 Å². The number of aromatic nitrogens is 1. The summed E-state index contributed by atoms with van der Waals surface area (Å²) in [5.41, 5.74) is 2.58. The number of non-ortho nitro benzene ring substituents is 1. The Kier molecular flexibility index (Phi) is 4.85. The van der Waals surface area contributed by atoms with Crippen LogP contribution in [0, 0.1) is 17.0 Å². The van der Waals surface area contributed by atoms with Crippen molar-refractivity contribution in [3.8, 4) is 0 Å². The molecule has 2 aromatic carbocycles. The van der Waals surface area contributed by atoms with Crippen molar-refractivity contribution in [3.63, 3.8) is 0 Å². The van der Waals surface area contributed by atoms with Crippen molar-refractivity contribution in [3.05, 3.63) is 87.8 Å². The highest BCUT2D eigenvalue weighted by Crippen LogP contribution is 2.37. The molecule has 0 radical (unpaired) electrons. The van der Waals surface area contributed by atoms with Gasteiger partial charge in [-0.3, -0.25) is 19.7 Å². The van der Waals surface area contributed by atoms with Crippen molar-refractivity contribution in [1.29, 1.82) is 0 Å². The maximum absolute atomic E-state index is 13.0. The Morgan fingerprint density at radius 2 is 1.97 bits per heavy atom. The van der Waals surface area contributed by atoms with E-state index in [0.717, 1.165) is 0 Å². The first-order valence-corrected chi connectivity index (χ1v) is 9.03. The first-order chi connectivity index (χ1) is 14.4. The molecular formula is C21H16N4O5. The van der Waals surface area contributed by atoms with E-state index in [1.165, 1.54) is 35.2 Å². The van der Waals surface area contributed by atoms with Gasteiger partial charge >= 0.3 is 0 Å². The molecule has 2 heterocycles. The monoisotopic (exact) mass is 404 g/mol. The summed E-state index contributed by atoms with van der Waals surface area (Å²) >= 11 is 0. The number of nitro benzene ring substituents is 1. The van der Waals surface area contributed by atoms with Gasteiger partial charge in [-0.15, -0.1) is 0 Å². The Bertz CT molecular complexity index is 1180. The fourth-order valence-corrected chi connectivity index (χ4v) is 3.23. The molecule has 0 saturated carbocycles. The third-order valence-electron chi connectivity index (χ3n) is 4.57. The number of nitrogens with zero attached hydrogens (tertiary/aromatic N) is 3. The van der Waals surface area contributed by atoms with Gasteiger partial charge in [0.25, 0.3) is 11.6 Å². The second-order valence-corrected chi connectivity index (χ2v) is 6.69. The number of anilines is 2. The van der Waals surface area contributed by atoms with Gasteiger partial charge in [-0.1, -0.05) is 23.4 Å². The second-order valence-electron chi connectivity index (χ2n) is 6.69. The molecule has 0 aliphatic carbocycles. The summed E-state index contributed by atoms with van der Waals surface area (Å²) in [6.07, 6.45) is 1.23. The summed E-state index contributed by atoms with van der Waals surface area (Å²) in [6.45, 7) is 1.98. The topological polar surface area (TPSA) is 119 Å². The Hall–Kier alpha value is -4.27. The van der Waals surface area contributed by atoms with Gasteiger partial charge in [-0.25, -0.2) is 0 Å². The van der Waals surface area contributed by atoms with Gasteiger partial charge in [-0.2, -0.15) is 0 Å². The Balaban J connectivity index is 1.58. The minimum atomic E-state index is -0.522. The lowest BCUT2D eigenvalue weighted by Gasteiger charge is -2.14. The number of hydrogen-bond acceptors (Lipinski definition) is 6. The molecule has 4 rings (SSSR count). The first-order valence-electron chi connectivity index (χ1n) is 9.03. The third-order valence-corrected chi connectivity index (χ3v) is 4.57. The summed E-state index contributed by atoms with van der Waals surface area (Å²) in [6, 6.07) is 14.4. The highest BCUT2D eigenvalue weighted by Gasteiger charge is 2.33. The molecule has 0 spiro atoms. The fourth-order valence-electron chi connectivity index (χ4n) is 3.23. The summed E-state index contributed by atoms with van der Waals surface area (Å²) in [7, 11) is 0. The first kappa shape index (κ1) is 19.1. The molecule has 30 heavy (non-hydrogen) atoms. The van der Waals surface area contributed by atoms with E-state index in [4.69, 9.17) is 4.52 Å². The molecule has 9 nitrogen and oxygen atoms in total. The van der Waals surface area contributed by atoms with E-state index in [-0.39, 0.29) is 23.7 Å². The minimum Gasteiger partial charge on any atom is -0.359 e. The predicted octanol–water partition coefficient (Wildman–Crippen LogP) is 3.46. The smallest absolute Gasteiger partial charge is 0.269 e. The quantitative estimate of drug-likeness (QED) is 0.395. The minimum absolute atomic E-state index is 0.0791. The molecular weight excluding hydrogens is 388 g/mol. The number of benzene rings is 2. The van der Waals surface area contributed by atoms with Crippen molar-refractivity contribution in [1.82, 2.24) is 5.16 Å². The molecule has 0 saturated heterocycles. The lowest BCUT2D eigenvalue weighted by molar-refractivity contribution is -0.384. The SMILES string of the molecule is Cc1cc(CN2C(=O)/C(=C/C(=O)Nc3ccc([N+](=O)[O-])cc3)c3ccccc32)on1. The maximum Gasteiger partial charge on any atom is 0.269 e. The van der Waals surface area contributed by atoms with Crippen molar-refractivity contribution in [2.45, 2.75) is 13.5 Å². The zero-order valence-electron chi connectivity index (χ0n) is 15.9. The van der Waals surface area contributed by atoms with E-state index in [0.29, 0.717) is 28.4 Å². The lowest BCUT2D eigenvalue weighted by atomic mass is 10.1. The number of hydrogen-bond donors (Lipinski definition) is 1. The molecule has 1 aliphatic heterocycles. The van der Waals surface area contributed by atoms with Gasteiger partial charge in [0.2, 0.25) is 5.91 Å². The largest absolute Gasteiger partial charge is 0.359 e. The molecule has 1 N–H and O–H groups in total. The molecule has 0 unspecified atom stereocenters. The number of nitro groups is 1. The molecule has 1 aliphatic rings. The van der Waals surface area contributed by atoms with E-state index >= 15 is 0 Å². The molecule has 150 valence electrons. The average Bonchev–Trinajstić information content (AvgIpc) is 3.25. The molecule has 3 aromatic rings. The zero-order chi connectivity index (χ0) is 21.3. The van der Waals surface area contributed by atoms with Crippen molar-refractivity contribution in [2.75, 3.05) is 10.2 Å². The summed E-state index contributed by atoms with van der Waals surface area (Å²) in [5.74, 6) is -0.310. The van der Waals surface area contributed by atoms with Crippen LogP contribution in [0.25, 0.3) is 5.57 Å². The van der Waals surface area contributed by atoms with Crippen molar-refractivity contribution >= 4 is 34.4 Å². The van der Waals surface area contributed by atoms with Gasteiger partial charge < -0.3 is 14.7 Å². The van der Waals surface area contributed by atoms with Gasteiger partial charge in [0, 0.05) is 35.5 Å². The number of nitrogens with one attached hydrogen (secondary N) is 1. The van der Waals surface area contributed by atoms with Crippen LogP contribution in [0.4, 0.5) is 17.1 Å². The Labute approximate surface area is 170 Å². The molecule has 0 atom stereocenters. The zero-order valence-corrected chi connectivity index (χ0v) is 15.9. The highest BCUT2D eigenvalue weighted by molar-refractivity contribution is 6.35. The van der Waals surface area contributed by atoms with Crippen LogP contribution in [0.5, 0.6) is 0 Å². The lowest BCUT2D eigenvalue weighted by Crippen LogP contribution is -2.25. The van der Waals surface area contributed by atoms with Gasteiger partial charge in [0.1, 0.15) is 0 Å². The molecule has 0 bridgehead atoms. The fraction of sp³-hybridized carbons (Fsp3) is 0.0952. The number of para-hydroxylation sites is 1. The molecule has 1 aromatic heterocycles. The highest BCUT2D eigenvalue weighted by atomic mass is 16.6. The van der Waals surface area contributed by atoms with Crippen LogP contribution in [0.15, 0.2) is 65.2 Å². The van der Waals surface area contributed by atoms with E-state index in [9.17, 15) is 19.7 Å². The van der Waals surface area contributed by atoms with Crippen LogP contribution in [0.3, 0.4) is 0 Å². The van der Waals surface area contributed by atoms with Gasteiger partial charge in [0.15, 0.2) is 5.76 Å². The number of rotatable bonds is 5. The van der Waals surface area contributed by atoms with Gasteiger partial charge in [-0.05, 0) is 25.1 Å². The normalized spacial score (nSPS) is 14.1. The van der Waals surface area contributed by atoms with Crippen LogP contribution < -0.4 is 10.2 Å². The average molecular weight is 404 g/mol. The van der Waals surface area contributed by atoms with Crippen LogP contribution in [-0.4, -0.2) is 21.9 Å². The second kappa shape index (κ2) is 7.63. The Morgan fingerprint density at radius 1 is 1.23 bits per heavy atom. The van der Waals surface area contributed by atoms with E-state index in [2.05, 4.69) is 10.5 Å². The summed E-state index contributed by atoms with van der Waals surface area (Å²) < 4.78 is 5.22. The summed E-state index contributed by atoms with van der Waals surface area (Å²) in [5, 5.41) is 17.2. The van der Waals surface area contributed by atoms with E-state index in [1.54, 1.807) is 31.2 Å². The molecule has 0 fully saturated rings. The van der Waals surface area contributed by atoms with Crippen LogP contribution in [-0.2, 0) is 16.1 Å². The molecule has 9 heteroatoms. The van der Waals surface area contributed by atoms with Crippen LogP contribution in [0.1, 0.15) is 17.0 Å². The van der Waals surface area contributed by atoms with Gasteiger partial charge in [0.05, 0.1) is 28.4 Å². The van der Waals surface area contributed by atoms with Crippen molar-refractivity contribution < 1.29 is 19.0 Å². The number of aryl methyl sites for hydroxylation is 1. The van der Waals surface area contributed by atoms with Crippen LogP contribution >= 0.6 is 0 Å². The maximum atomic E-state index is 13.0. The predicted molar refractivity (Wildman–Crippen MR) is 109 cm³/mol. The number of amides is 2. The van der Waals surface area contributed by atoms with Crippen molar-refractivity contribution in [2.24, 2.45) is 0 Å². The number of carbonyl (C=O) groups is 2. The van der Waals surface area contributed by atoms with E-state index < -0.39 is 10.8 Å². The third kappa shape index (κ3) is 3.68. The molecule has 2 amide bonds.